The summed E-state index contributed by atoms with van der Waals surface area (Å²) < 4.78 is 0. The van der Waals surface area contributed by atoms with Crippen molar-refractivity contribution in [3.63, 3.8) is 0 Å². The maximum atomic E-state index is 10.3. The van der Waals surface area contributed by atoms with Gasteiger partial charge in [0, 0.05) is 6.42 Å². The third kappa shape index (κ3) is 2.89. The molecule has 0 aromatic carbocycles. The van der Waals surface area contributed by atoms with Crippen LogP contribution >= 0.6 is 0 Å². The summed E-state index contributed by atoms with van der Waals surface area (Å²) in [6.45, 7) is 0. The van der Waals surface area contributed by atoms with Gasteiger partial charge in [0.05, 0.1) is 6.10 Å². The largest absolute Gasteiger partial charge is 0.481 e. The standard InChI is InChI=1S/C8H14O3/c9-7-3-1-6(2-4-7)5-8(10)11/h6-7,9H,1-5H2,(H,10,11)/t6-,7-. The van der Waals surface area contributed by atoms with Gasteiger partial charge in [-0.15, -0.1) is 0 Å². The Hall–Kier alpha value is -0.570. The van der Waals surface area contributed by atoms with E-state index in [2.05, 4.69) is 0 Å². The number of carbonyl (C=O) groups is 1. The lowest BCUT2D eigenvalue weighted by Crippen LogP contribution is -2.20. The van der Waals surface area contributed by atoms with E-state index in [-0.39, 0.29) is 12.5 Å². The second-order valence-corrected chi connectivity index (χ2v) is 3.27. The fourth-order valence-electron chi connectivity index (χ4n) is 1.60. The van der Waals surface area contributed by atoms with Gasteiger partial charge in [-0.25, -0.2) is 0 Å². The maximum absolute atomic E-state index is 10.3. The summed E-state index contributed by atoms with van der Waals surface area (Å²) >= 11 is 0. The van der Waals surface area contributed by atoms with Gasteiger partial charge in [-0.2, -0.15) is 0 Å². The highest BCUT2D eigenvalue weighted by Crippen LogP contribution is 2.26. The average molecular weight is 158 g/mol. The Bertz CT molecular complexity index is 136. The van der Waals surface area contributed by atoms with Crippen LogP contribution in [0.3, 0.4) is 0 Å². The molecule has 0 spiro atoms. The number of aliphatic carboxylic acids is 1. The van der Waals surface area contributed by atoms with Gasteiger partial charge in [-0.1, -0.05) is 0 Å². The molecular weight excluding hydrogens is 144 g/mol. The molecule has 3 nitrogen and oxygen atoms in total. The molecule has 1 aliphatic rings. The zero-order valence-electron chi connectivity index (χ0n) is 6.49. The van der Waals surface area contributed by atoms with Gasteiger partial charge in [-0.3, -0.25) is 4.79 Å². The van der Waals surface area contributed by atoms with E-state index < -0.39 is 5.97 Å². The Morgan fingerprint density at radius 2 is 1.82 bits per heavy atom. The third-order valence-corrected chi connectivity index (χ3v) is 2.28. The molecule has 0 amide bonds. The predicted molar refractivity (Wildman–Crippen MR) is 40.2 cm³/mol. The number of rotatable bonds is 2. The highest BCUT2D eigenvalue weighted by molar-refractivity contribution is 5.67. The molecular formula is C8H14O3. The van der Waals surface area contributed by atoms with Gasteiger partial charge < -0.3 is 10.2 Å². The molecule has 1 fully saturated rings. The number of carboxylic acid groups (broad SMARTS) is 1. The van der Waals surface area contributed by atoms with Crippen LogP contribution in [-0.4, -0.2) is 22.3 Å². The zero-order valence-corrected chi connectivity index (χ0v) is 6.49. The van der Waals surface area contributed by atoms with E-state index in [1.807, 2.05) is 0 Å². The summed E-state index contributed by atoms with van der Waals surface area (Å²) in [5, 5.41) is 17.6. The number of carboxylic acids is 1. The lowest BCUT2D eigenvalue weighted by Gasteiger charge is -2.23. The van der Waals surface area contributed by atoms with Gasteiger partial charge in [0.2, 0.25) is 0 Å². The Morgan fingerprint density at radius 3 is 2.27 bits per heavy atom. The van der Waals surface area contributed by atoms with E-state index in [4.69, 9.17) is 10.2 Å². The summed E-state index contributed by atoms with van der Waals surface area (Å²) in [7, 11) is 0. The summed E-state index contributed by atoms with van der Waals surface area (Å²) in [4.78, 5) is 10.3. The molecule has 0 aromatic rings. The second kappa shape index (κ2) is 3.72. The van der Waals surface area contributed by atoms with Crippen molar-refractivity contribution < 1.29 is 15.0 Å². The van der Waals surface area contributed by atoms with E-state index in [1.165, 1.54) is 0 Å². The van der Waals surface area contributed by atoms with Crippen LogP contribution in [0.25, 0.3) is 0 Å². The van der Waals surface area contributed by atoms with Gasteiger partial charge in [0.15, 0.2) is 0 Å². The number of aliphatic hydroxyl groups is 1. The molecule has 11 heavy (non-hydrogen) atoms. The van der Waals surface area contributed by atoms with E-state index in [9.17, 15) is 4.79 Å². The normalized spacial score (nSPS) is 31.7. The summed E-state index contributed by atoms with van der Waals surface area (Å²) in [6, 6.07) is 0. The number of hydrogen-bond acceptors (Lipinski definition) is 2. The van der Waals surface area contributed by atoms with Crippen LogP contribution in [-0.2, 0) is 4.79 Å². The highest BCUT2D eigenvalue weighted by atomic mass is 16.4. The first-order chi connectivity index (χ1) is 5.18. The minimum absolute atomic E-state index is 0.181. The molecule has 1 aliphatic carbocycles. The molecule has 0 saturated heterocycles. The molecule has 0 bridgehead atoms. The highest BCUT2D eigenvalue weighted by Gasteiger charge is 2.20. The lowest BCUT2D eigenvalue weighted by atomic mass is 9.85. The lowest BCUT2D eigenvalue weighted by molar-refractivity contribution is -0.138. The maximum Gasteiger partial charge on any atom is 0.303 e. The van der Waals surface area contributed by atoms with Crippen LogP contribution in [0.5, 0.6) is 0 Å². The minimum atomic E-state index is -0.716. The Balaban J connectivity index is 2.22. The van der Waals surface area contributed by atoms with Crippen molar-refractivity contribution in [3.05, 3.63) is 0 Å². The van der Waals surface area contributed by atoms with Crippen LogP contribution in [0.4, 0.5) is 0 Å². The van der Waals surface area contributed by atoms with Crippen LogP contribution in [0.2, 0.25) is 0 Å². The Kier molecular flexibility index (Phi) is 2.88. The quantitative estimate of drug-likeness (QED) is 0.630. The minimum Gasteiger partial charge on any atom is -0.481 e. The molecule has 0 unspecified atom stereocenters. The van der Waals surface area contributed by atoms with E-state index in [0.717, 1.165) is 25.7 Å². The average Bonchev–Trinajstić information content (AvgIpc) is 1.93. The monoisotopic (exact) mass is 158 g/mol. The summed E-state index contributed by atoms with van der Waals surface area (Å²) in [5.41, 5.74) is 0. The number of hydrogen-bond donors (Lipinski definition) is 2. The van der Waals surface area contributed by atoms with Crippen LogP contribution < -0.4 is 0 Å². The molecule has 0 aromatic heterocycles. The van der Waals surface area contributed by atoms with Crippen molar-refractivity contribution in [2.24, 2.45) is 5.92 Å². The predicted octanol–water partition coefficient (Wildman–Crippen LogP) is 1.01. The SMILES string of the molecule is O=C(O)C[C@H]1CC[C@H](O)CC1. The number of aliphatic hydroxyl groups excluding tert-OH is 1. The van der Waals surface area contributed by atoms with Crippen molar-refractivity contribution in [2.45, 2.75) is 38.2 Å². The van der Waals surface area contributed by atoms with Crippen molar-refractivity contribution in [2.75, 3.05) is 0 Å². The molecule has 1 rings (SSSR count). The smallest absolute Gasteiger partial charge is 0.303 e. The first-order valence-corrected chi connectivity index (χ1v) is 4.08. The first-order valence-electron chi connectivity index (χ1n) is 4.08. The Labute approximate surface area is 66.0 Å². The van der Waals surface area contributed by atoms with E-state index in [1.54, 1.807) is 0 Å². The summed E-state index contributed by atoms with van der Waals surface area (Å²) in [5.74, 6) is -0.415. The molecule has 64 valence electrons. The van der Waals surface area contributed by atoms with Crippen molar-refractivity contribution in [1.29, 1.82) is 0 Å². The Morgan fingerprint density at radius 1 is 1.27 bits per heavy atom. The summed E-state index contributed by atoms with van der Waals surface area (Å²) in [6.07, 6.45) is 3.38. The molecule has 0 atom stereocenters. The molecule has 0 aliphatic heterocycles. The van der Waals surface area contributed by atoms with E-state index >= 15 is 0 Å². The van der Waals surface area contributed by atoms with Crippen LogP contribution in [0.15, 0.2) is 0 Å². The van der Waals surface area contributed by atoms with Gasteiger partial charge in [0.25, 0.3) is 0 Å². The van der Waals surface area contributed by atoms with Crippen LogP contribution in [0.1, 0.15) is 32.1 Å². The van der Waals surface area contributed by atoms with Gasteiger partial charge in [0.1, 0.15) is 0 Å². The molecule has 2 N–H and O–H groups in total. The van der Waals surface area contributed by atoms with Gasteiger partial charge in [-0.05, 0) is 31.6 Å². The fraction of sp³-hybridized carbons (Fsp3) is 0.875. The van der Waals surface area contributed by atoms with Crippen LogP contribution in [0, 0.1) is 5.92 Å². The van der Waals surface area contributed by atoms with E-state index in [0.29, 0.717) is 5.92 Å². The van der Waals surface area contributed by atoms with Gasteiger partial charge >= 0.3 is 5.97 Å². The van der Waals surface area contributed by atoms with Crippen molar-refractivity contribution in [1.82, 2.24) is 0 Å². The fourth-order valence-corrected chi connectivity index (χ4v) is 1.60. The molecule has 1 saturated carbocycles. The molecule has 0 heterocycles. The molecule has 3 heteroatoms. The zero-order chi connectivity index (χ0) is 8.27. The van der Waals surface area contributed by atoms with Crippen molar-refractivity contribution >= 4 is 5.97 Å². The third-order valence-electron chi connectivity index (χ3n) is 2.28. The topological polar surface area (TPSA) is 57.5 Å². The van der Waals surface area contributed by atoms with Crippen molar-refractivity contribution in [3.8, 4) is 0 Å². The molecule has 0 radical (unpaired) electrons. The second-order valence-electron chi connectivity index (χ2n) is 3.27. The first kappa shape index (κ1) is 8.53.